The molecule has 0 saturated heterocycles. The Bertz CT molecular complexity index is 1300. The SMILES string of the molecule is Brc1ccc2c(Nc3ncccc3-c3ccccc3)c3ccccc3cc2c1. The maximum Gasteiger partial charge on any atom is 0.138 e. The second kappa shape index (κ2) is 7.10. The van der Waals surface area contributed by atoms with Gasteiger partial charge < -0.3 is 5.32 Å². The highest BCUT2D eigenvalue weighted by Gasteiger charge is 2.12. The Hall–Kier alpha value is -3.17. The minimum Gasteiger partial charge on any atom is -0.339 e. The number of rotatable bonds is 3. The van der Waals surface area contributed by atoms with Gasteiger partial charge in [0.2, 0.25) is 0 Å². The fourth-order valence-electron chi connectivity index (χ4n) is 3.65. The van der Waals surface area contributed by atoms with Crippen molar-refractivity contribution in [2.75, 3.05) is 5.32 Å². The van der Waals surface area contributed by atoms with Crippen molar-refractivity contribution in [3.05, 3.63) is 102 Å². The van der Waals surface area contributed by atoms with Gasteiger partial charge in [0.05, 0.1) is 5.69 Å². The van der Waals surface area contributed by atoms with E-state index in [4.69, 9.17) is 0 Å². The third-order valence-corrected chi connectivity index (χ3v) is 5.45. The highest BCUT2D eigenvalue weighted by molar-refractivity contribution is 9.10. The Morgan fingerprint density at radius 1 is 0.679 bits per heavy atom. The molecule has 2 nitrogen and oxygen atoms in total. The van der Waals surface area contributed by atoms with Gasteiger partial charge in [-0.2, -0.15) is 0 Å². The van der Waals surface area contributed by atoms with Crippen molar-refractivity contribution in [1.29, 1.82) is 0 Å². The molecule has 0 atom stereocenters. The van der Waals surface area contributed by atoms with E-state index in [2.05, 4.69) is 105 Å². The predicted octanol–water partition coefficient (Wildman–Crippen LogP) is 7.56. The molecule has 28 heavy (non-hydrogen) atoms. The average molecular weight is 425 g/mol. The molecule has 0 aliphatic heterocycles. The number of fused-ring (bicyclic) bond motifs is 2. The number of nitrogens with zero attached hydrogens (tertiary/aromatic N) is 1. The van der Waals surface area contributed by atoms with Crippen LogP contribution in [0.1, 0.15) is 0 Å². The predicted molar refractivity (Wildman–Crippen MR) is 122 cm³/mol. The van der Waals surface area contributed by atoms with Gasteiger partial charge in [0.15, 0.2) is 0 Å². The normalized spacial score (nSPS) is 11.0. The maximum absolute atomic E-state index is 4.66. The number of hydrogen-bond acceptors (Lipinski definition) is 2. The van der Waals surface area contributed by atoms with E-state index in [9.17, 15) is 0 Å². The first kappa shape index (κ1) is 17.0. The lowest BCUT2D eigenvalue weighted by Gasteiger charge is -2.16. The lowest BCUT2D eigenvalue weighted by Crippen LogP contribution is -1.98. The van der Waals surface area contributed by atoms with Gasteiger partial charge in [-0.25, -0.2) is 4.98 Å². The summed E-state index contributed by atoms with van der Waals surface area (Å²) < 4.78 is 1.07. The van der Waals surface area contributed by atoms with Gasteiger partial charge >= 0.3 is 0 Å². The highest BCUT2D eigenvalue weighted by atomic mass is 79.9. The third kappa shape index (κ3) is 3.04. The topological polar surface area (TPSA) is 24.9 Å². The molecule has 1 N–H and O–H groups in total. The van der Waals surface area contributed by atoms with Gasteiger partial charge in [-0.1, -0.05) is 76.6 Å². The fourth-order valence-corrected chi connectivity index (χ4v) is 4.03. The van der Waals surface area contributed by atoms with Crippen molar-refractivity contribution >= 4 is 49.0 Å². The first-order valence-corrected chi connectivity index (χ1v) is 9.97. The second-order valence-electron chi connectivity index (χ2n) is 6.73. The minimum absolute atomic E-state index is 0.856. The van der Waals surface area contributed by atoms with Crippen LogP contribution in [0, 0.1) is 0 Å². The van der Waals surface area contributed by atoms with Crippen molar-refractivity contribution in [1.82, 2.24) is 4.98 Å². The van der Waals surface area contributed by atoms with Crippen LogP contribution in [-0.2, 0) is 0 Å². The standard InChI is InChI=1S/C25H17BrN2/c26-20-12-13-22-19(16-20)15-18-9-4-5-10-21(18)24(22)28-25-23(11-6-14-27-25)17-7-2-1-3-8-17/h1-16H,(H,27,28). The molecule has 0 amide bonds. The summed E-state index contributed by atoms with van der Waals surface area (Å²) in [5.41, 5.74) is 3.31. The van der Waals surface area contributed by atoms with Crippen LogP contribution in [0.5, 0.6) is 0 Å². The summed E-state index contributed by atoms with van der Waals surface area (Å²) in [4.78, 5) is 4.66. The van der Waals surface area contributed by atoms with Gasteiger partial charge in [-0.3, -0.25) is 0 Å². The summed E-state index contributed by atoms with van der Waals surface area (Å²) in [5, 5.41) is 8.39. The molecule has 0 bridgehead atoms. The summed E-state index contributed by atoms with van der Waals surface area (Å²) in [5.74, 6) is 0.856. The number of benzene rings is 4. The molecule has 0 spiro atoms. The van der Waals surface area contributed by atoms with Crippen LogP contribution >= 0.6 is 15.9 Å². The zero-order chi connectivity index (χ0) is 18.9. The Kier molecular flexibility index (Phi) is 4.30. The van der Waals surface area contributed by atoms with E-state index in [1.54, 1.807) is 0 Å². The Morgan fingerprint density at radius 2 is 1.46 bits per heavy atom. The largest absolute Gasteiger partial charge is 0.339 e. The zero-order valence-electron chi connectivity index (χ0n) is 15.1. The van der Waals surface area contributed by atoms with Crippen LogP contribution in [0.3, 0.4) is 0 Å². The van der Waals surface area contributed by atoms with Crippen molar-refractivity contribution in [2.45, 2.75) is 0 Å². The minimum atomic E-state index is 0.856. The first-order valence-electron chi connectivity index (χ1n) is 9.18. The highest BCUT2D eigenvalue weighted by Crippen LogP contribution is 2.37. The molecule has 1 heterocycles. The van der Waals surface area contributed by atoms with Crippen LogP contribution < -0.4 is 5.32 Å². The lowest BCUT2D eigenvalue weighted by molar-refractivity contribution is 1.31. The van der Waals surface area contributed by atoms with Crippen LogP contribution in [0.2, 0.25) is 0 Å². The molecule has 4 aromatic carbocycles. The lowest BCUT2D eigenvalue weighted by atomic mass is 10.0. The van der Waals surface area contributed by atoms with Crippen molar-refractivity contribution in [3.63, 3.8) is 0 Å². The van der Waals surface area contributed by atoms with Gasteiger partial charge in [-0.15, -0.1) is 0 Å². The molecule has 0 radical (unpaired) electrons. The molecule has 134 valence electrons. The monoisotopic (exact) mass is 424 g/mol. The summed E-state index contributed by atoms with van der Waals surface area (Å²) in [6.07, 6.45) is 1.83. The third-order valence-electron chi connectivity index (χ3n) is 4.96. The number of nitrogens with one attached hydrogen (secondary N) is 1. The summed E-state index contributed by atoms with van der Waals surface area (Å²) in [7, 11) is 0. The van der Waals surface area contributed by atoms with E-state index in [-0.39, 0.29) is 0 Å². The van der Waals surface area contributed by atoms with E-state index in [0.29, 0.717) is 0 Å². The van der Waals surface area contributed by atoms with Crippen molar-refractivity contribution < 1.29 is 0 Å². The van der Waals surface area contributed by atoms with Gasteiger partial charge in [0.25, 0.3) is 0 Å². The van der Waals surface area contributed by atoms with Gasteiger partial charge in [0, 0.05) is 27.0 Å². The summed E-state index contributed by atoms with van der Waals surface area (Å²) >= 11 is 3.60. The fraction of sp³-hybridized carbons (Fsp3) is 0. The molecule has 0 aliphatic rings. The quantitative estimate of drug-likeness (QED) is 0.302. The number of anilines is 2. The Labute approximate surface area is 172 Å². The Balaban J connectivity index is 1.75. The molecular formula is C25H17BrN2. The number of hydrogen-bond donors (Lipinski definition) is 1. The average Bonchev–Trinajstić information content (AvgIpc) is 2.74. The number of aromatic nitrogens is 1. The van der Waals surface area contributed by atoms with E-state index in [1.165, 1.54) is 21.5 Å². The van der Waals surface area contributed by atoms with E-state index < -0.39 is 0 Å². The van der Waals surface area contributed by atoms with Crippen LogP contribution in [-0.4, -0.2) is 4.98 Å². The van der Waals surface area contributed by atoms with Gasteiger partial charge in [0.1, 0.15) is 5.82 Å². The van der Waals surface area contributed by atoms with Crippen molar-refractivity contribution in [2.24, 2.45) is 0 Å². The number of halogens is 1. The Morgan fingerprint density at radius 3 is 2.36 bits per heavy atom. The molecule has 5 rings (SSSR count). The molecule has 0 aliphatic carbocycles. The van der Waals surface area contributed by atoms with Gasteiger partial charge in [-0.05, 0) is 46.7 Å². The molecular weight excluding hydrogens is 408 g/mol. The molecule has 0 saturated carbocycles. The van der Waals surface area contributed by atoms with Crippen LogP contribution in [0.25, 0.3) is 32.7 Å². The summed E-state index contributed by atoms with van der Waals surface area (Å²) in [6.45, 7) is 0. The first-order chi connectivity index (χ1) is 13.8. The molecule has 1 aromatic heterocycles. The van der Waals surface area contributed by atoms with Crippen LogP contribution in [0.15, 0.2) is 102 Å². The molecule has 0 fully saturated rings. The van der Waals surface area contributed by atoms with E-state index in [0.717, 1.165) is 27.1 Å². The number of pyridine rings is 1. The molecule has 3 heteroatoms. The smallest absolute Gasteiger partial charge is 0.138 e. The zero-order valence-corrected chi connectivity index (χ0v) is 16.6. The molecule has 5 aromatic rings. The second-order valence-corrected chi connectivity index (χ2v) is 7.64. The van der Waals surface area contributed by atoms with Crippen molar-refractivity contribution in [3.8, 4) is 11.1 Å². The van der Waals surface area contributed by atoms with E-state index >= 15 is 0 Å². The molecule has 0 unspecified atom stereocenters. The maximum atomic E-state index is 4.66. The summed E-state index contributed by atoms with van der Waals surface area (Å²) in [6, 6.07) is 31.5. The van der Waals surface area contributed by atoms with E-state index in [1.807, 2.05) is 18.3 Å². The van der Waals surface area contributed by atoms with Crippen LogP contribution in [0.4, 0.5) is 11.5 Å².